The highest BCUT2D eigenvalue weighted by molar-refractivity contribution is 4.80. The standard InChI is InChI=1S/C10H21NO/c1-10(2,12)8-9-6-4-5-7-11(9)3/h9,12H,4-8H2,1-3H3. The summed E-state index contributed by atoms with van der Waals surface area (Å²) in [7, 11) is 2.16. The largest absolute Gasteiger partial charge is 0.390 e. The smallest absolute Gasteiger partial charge is 0.0606 e. The Hall–Kier alpha value is -0.0800. The molecular formula is C10H21NO. The first-order valence-corrected chi connectivity index (χ1v) is 4.92. The molecule has 0 saturated carbocycles. The second-order valence-electron chi connectivity index (χ2n) is 4.65. The van der Waals surface area contributed by atoms with Crippen LogP contribution in [0.4, 0.5) is 0 Å². The maximum absolute atomic E-state index is 9.66. The molecule has 1 fully saturated rings. The normalized spacial score (nSPS) is 27.5. The van der Waals surface area contributed by atoms with Crippen LogP contribution >= 0.6 is 0 Å². The predicted molar refractivity (Wildman–Crippen MR) is 51.2 cm³/mol. The van der Waals surface area contributed by atoms with Crippen LogP contribution in [0.25, 0.3) is 0 Å². The number of hydrogen-bond donors (Lipinski definition) is 1. The molecule has 1 rings (SSSR count). The molecule has 0 spiro atoms. The monoisotopic (exact) mass is 171 g/mol. The Morgan fingerprint density at radius 3 is 2.58 bits per heavy atom. The van der Waals surface area contributed by atoms with E-state index in [2.05, 4.69) is 11.9 Å². The SMILES string of the molecule is CN1CCCCC1CC(C)(C)O. The first-order chi connectivity index (χ1) is 5.49. The lowest BCUT2D eigenvalue weighted by Gasteiger charge is -2.35. The lowest BCUT2D eigenvalue weighted by atomic mass is 9.92. The second kappa shape index (κ2) is 3.75. The third-order valence-corrected chi connectivity index (χ3v) is 2.66. The average Bonchev–Trinajstić information content (AvgIpc) is 1.91. The van der Waals surface area contributed by atoms with Crippen LogP contribution < -0.4 is 0 Å². The van der Waals surface area contributed by atoms with E-state index in [1.54, 1.807) is 0 Å². The van der Waals surface area contributed by atoms with Crippen molar-refractivity contribution in [2.75, 3.05) is 13.6 Å². The van der Waals surface area contributed by atoms with Crippen LogP contribution in [0.3, 0.4) is 0 Å². The van der Waals surface area contributed by atoms with E-state index in [9.17, 15) is 5.11 Å². The van der Waals surface area contributed by atoms with Gasteiger partial charge in [-0.25, -0.2) is 0 Å². The molecule has 72 valence electrons. The van der Waals surface area contributed by atoms with Gasteiger partial charge in [0.15, 0.2) is 0 Å². The Morgan fingerprint density at radius 1 is 1.42 bits per heavy atom. The molecule has 0 radical (unpaired) electrons. The minimum atomic E-state index is -0.504. The summed E-state index contributed by atoms with van der Waals surface area (Å²) in [5, 5.41) is 9.66. The van der Waals surface area contributed by atoms with Crippen LogP contribution in [0.15, 0.2) is 0 Å². The number of likely N-dealkylation sites (tertiary alicyclic amines) is 1. The number of nitrogens with zero attached hydrogens (tertiary/aromatic N) is 1. The van der Waals surface area contributed by atoms with Crippen molar-refractivity contribution >= 4 is 0 Å². The summed E-state index contributed by atoms with van der Waals surface area (Å²) in [4.78, 5) is 2.38. The maximum atomic E-state index is 9.66. The van der Waals surface area contributed by atoms with E-state index in [0.717, 1.165) is 6.42 Å². The number of rotatable bonds is 2. The van der Waals surface area contributed by atoms with Crippen LogP contribution in [0, 0.1) is 0 Å². The van der Waals surface area contributed by atoms with E-state index < -0.39 is 5.60 Å². The number of aliphatic hydroxyl groups is 1. The minimum Gasteiger partial charge on any atom is -0.390 e. The van der Waals surface area contributed by atoms with Gasteiger partial charge in [-0.15, -0.1) is 0 Å². The zero-order valence-electron chi connectivity index (χ0n) is 8.51. The van der Waals surface area contributed by atoms with Crippen molar-refractivity contribution in [1.29, 1.82) is 0 Å². The van der Waals surface area contributed by atoms with Gasteiger partial charge in [0.2, 0.25) is 0 Å². The first-order valence-electron chi connectivity index (χ1n) is 4.92. The zero-order valence-corrected chi connectivity index (χ0v) is 8.51. The molecule has 1 atom stereocenters. The molecule has 0 aromatic heterocycles. The van der Waals surface area contributed by atoms with Crippen LogP contribution in [-0.4, -0.2) is 35.2 Å². The Morgan fingerprint density at radius 2 is 2.08 bits per heavy atom. The highest BCUT2D eigenvalue weighted by Crippen LogP contribution is 2.22. The summed E-state index contributed by atoms with van der Waals surface area (Å²) in [5.74, 6) is 0. The Labute approximate surface area is 75.6 Å². The molecule has 1 heterocycles. The minimum absolute atomic E-state index is 0.504. The van der Waals surface area contributed by atoms with Crippen LogP contribution in [0.1, 0.15) is 39.5 Å². The molecule has 0 aromatic rings. The van der Waals surface area contributed by atoms with Crippen molar-refractivity contribution in [2.45, 2.75) is 51.2 Å². The second-order valence-corrected chi connectivity index (χ2v) is 4.65. The molecule has 1 unspecified atom stereocenters. The molecule has 12 heavy (non-hydrogen) atoms. The van der Waals surface area contributed by atoms with Gasteiger partial charge < -0.3 is 10.0 Å². The average molecular weight is 171 g/mol. The molecule has 1 aliphatic rings. The Balaban J connectivity index is 2.39. The molecule has 0 aliphatic carbocycles. The molecule has 0 aromatic carbocycles. The third-order valence-electron chi connectivity index (χ3n) is 2.66. The third kappa shape index (κ3) is 3.11. The van der Waals surface area contributed by atoms with Crippen molar-refractivity contribution in [1.82, 2.24) is 4.90 Å². The molecule has 1 saturated heterocycles. The van der Waals surface area contributed by atoms with Crippen LogP contribution in [-0.2, 0) is 0 Å². The Bertz CT molecular complexity index is 139. The van der Waals surface area contributed by atoms with Gasteiger partial charge in [0, 0.05) is 6.04 Å². The molecule has 2 heteroatoms. The van der Waals surface area contributed by atoms with Gasteiger partial charge in [-0.1, -0.05) is 6.42 Å². The summed E-state index contributed by atoms with van der Waals surface area (Å²) >= 11 is 0. The lowest BCUT2D eigenvalue weighted by molar-refractivity contribution is 0.0294. The van der Waals surface area contributed by atoms with Crippen molar-refractivity contribution in [3.63, 3.8) is 0 Å². The topological polar surface area (TPSA) is 23.5 Å². The fourth-order valence-corrected chi connectivity index (χ4v) is 1.98. The quantitative estimate of drug-likeness (QED) is 0.682. The van der Waals surface area contributed by atoms with Gasteiger partial charge in [-0.05, 0) is 46.7 Å². The molecular weight excluding hydrogens is 150 g/mol. The van der Waals surface area contributed by atoms with Gasteiger partial charge in [-0.3, -0.25) is 0 Å². The summed E-state index contributed by atoms with van der Waals surface area (Å²) in [5.41, 5.74) is -0.504. The summed E-state index contributed by atoms with van der Waals surface area (Å²) in [6, 6.07) is 0.596. The fourth-order valence-electron chi connectivity index (χ4n) is 1.98. The van der Waals surface area contributed by atoms with Crippen molar-refractivity contribution in [3.05, 3.63) is 0 Å². The van der Waals surface area contributed by atoms with Gasteiger partial charge >= 0.3 is 0 Å². The highest BCUT2D eigenvalue weighted by atomic mass is 16.3. The lowest BCUT2D eigenvalue weighted by Crippen LogP contribution is -2.41. The molecule has 2 nitrogen and oxygen atoms in total. The first kappa shape index (κ1) is 10.0. The summed E-state index contributed by atoms with van der Waals surface area (Å²) < 4.78 is 0. The van der Waals surface area contributed by atoms with E-state index >= 15 is 0 Å². The molecule has 1 aliphatic heterocycles. The van der Waals surface area contributed by atoms with E-state index in [4.69, 9.17) is 0 Å². The van der Waals surface area contributed by atoms with Crippen LogP contribution in [0.5, 0.6) is 0 Å². The zero-order chi connectivity index (χ0) is 9.19. The molecule has 0 bridgehead atoms. The van der Waals surface area contributed by atoms with Crippen molar-refractivity contribution in [3.8, 4) is 0 Å². The van der Waals surface area contributed by atoms with Gasteiger partial charge in [-0.2, -0.15) is 0 Å². The fraction of sp³-hybridized carbons (Fsp3) is 1.00. The van der Waals surface area contributed by atoms with E-state index in [1.165, 1.54) is 25.8 Å². The number of piperidine rings is 1. The van der Waals surface area contributed by atoms with Crippen LogP contribution in [0.2, 0.25) is 0 Å². The van der Waals surface area contributed by atoms with E-state index in [-0.39, 0.29) is 0 Å². The van der Waals surface area contributed by atoms with E-state index in [0.29, 0.717) is 6.04 Å². The molecule has 0 amide bonds. The Kier molecular flexibility index (Phi) is 3.13. The van der Waals surface area contributed by atoms with E-state index in [1.807, 2.05) is 13.8 Å². The number of hydrogen-bond acceptors (Lipinski definition) is 2. The van der Waals surface area contributed by atoms with Gasteiger partial charge in [0.25, 0.3) is 0 Å². The van der Waals surface area contributed by atoms with Gasteiger partial charge in [0.05, 0.1) is 5.60 Å². The summed E-state index contributed by atoms with van der Waals surface area (Å²) in [6.45, 7) is 4.99. The summed E-state index contributed by atoms with van der Waals surface area (Å²) in [6.07, 6.45) is 4.80. The van der Waals surface area contributed by atoms with Crippen molar-refractivity contribution < 1.29 is 5.11 Å². The highest BCUT2D eigenvalue weighted by Gasteiger charge is 2.25. The van der Waals surface area contributed by atoms with Crippen molar-refractivity contribution in [2.24, 2.45) is 0 Å². The maximum Gasteiger partial charge on any atom is 0.0606 e. The van der Waals surface area contributed by atoms with Gasteiger partial charge in [0.1, 0.15) is 0 Å². The molecule has 1 N–H and O–H groups in total. The predicted octanol–water partition coefficient (Wildman–Crippen LogP) is 1.63.